The number of carbonyl (C=O) groups excluding carboxylic acids is 1. The molecule has 1 aliphatic rings. The summed E-state index contributed by atoms with van der Waals surface area (Å²) >= 11 is 5.94. The molecule has 1 rings (SSSR count). The molecule has 1 fully saturated rings. The smallest absolute Gasteiger partial charge is 0.222 e. The van der Waals surface area contributed by atoms with Crippen molar-refractivity contribution in [3.05, 3.63) is 0 Å². The zero-order valence-electron chi connectivity index (χ0n) is 9.30. The van der Waals surface area contributed by atoms with Crippen LogP contribution in [0.5, 0.6) is 0 Å². The van der Waals surface area contributed by atoms with Crippen LogP contribution in [-0.4, -0.2) is 30.5 Å². The van der Waals surface area contributed by atoms with E-state index in [-0.39, 0.29) is 17.4 Å². The number of hydrogen-bond acceptors (Lipinski definition) is 2. The minimum absolute atomic E-state index is 0.0851. The molecule has 1 heterocycles. The van der Waals surface area contributed by atoms with Gasteiger partial charge in [0.05, 0.1) is 12.5 Å². The van der Waals surface area contributed by atoms with E-state index in [1.807, 2.05) is 6.92 Å². The van der Waals surface area contributed by atoms with Crippen LogP contribution in [0, 0.1) is 0 Å². The summed E-state index contributed by atoms with van der Waals surface area (Å²) < 4.78 is 5.39. The Morgan fingerprint density at radius 2 is 2.47 bits per heavy atom. The number of halogens is 1. The molecule has 0 aromatic rings. The van der Waals surface area contributed by atoms with Gasteiger partial charge in [-0.2, -0.15) is 0 Å². The molecule has 2 unspecified atom stereocenters. The summed E-state index contributed by atoms with van der Waals surface area (Å²) in [6.07, 6.45) is 4.53. The minimum atomic E-state index is 0.0851. The molecule has 1 amide bonds. The minimum Gasteiger partial charge on any atom is -0.378 e. The number of amides is 1. The fourth-order valence-corrected chi connectivity index (χ4v) is 1.77. The zero-order chi connectivity index (χ0) is 11.1. The van der Waals surface area contributed by atoms with E-state index >= 15 is 0 Å². The molecule has 0 bridgehead atoms. The van der Waals surface area contributed by atoms with Crippen molar-refractivity contribution < 1.29 is 9.53 Å². The molecule has 0 aromatic carbocycles. The summed E-state index contributed by atoms with van der Waals surface area (Å²) in [5, 5.41) is 3.05. The third kappa shape index (κ3) is 5.38. The largest absolute Gasteiger partial charge is 0.378 e. The predicted octanol–water partition coefficient (Wildman–Crippen LogP) is 2.08. The van der Waals surface area contributed by atoms with E-state index < -0.39 is 0 Å². The van der Waals surface area contributed by atoms with Crippen molar-refractivity contribution in [2.24, 2.45) is 0 Å². The lowest BCUT2D eigenvalue weighted by molar-refractivity contribution is -0.123. The van der Waals surface area contributed by atoms with E-state index in [4.69, 9.17) is 16.3 Å². The maximum absolute atomic E-state index is 11.4. The maximum Gasteiger partial charge on any atom is 0.222 e. The zero-order valence-corrected chi connectivity index (χ0v) is 10.1. The van der Waals surface area contributed by atoms with Gasteiger partial charge < -0.3 is 10.1 Å². The molecule has 0 radical (unpaired) electrons. The van der Waals surface area contributed by atoms with E-state index in [9.17, 15) is 4.79 Å². The van der Waals surface area contributed by atoms with Crippen molar-refractivity contribution >= 4 is 17.5 Å². The van der Waals surface area contributed by atoms with Gasteiger partial charge in [0.15, 0.2) is 0 Å². The molecule has 1 aliphatic heterocycles. The van der Waals surface area contributed by atoms with Gasteiger partial charge in [0.2, 0.25) is 5.91 Å². The Morgan fingerprint density at radius 1 is 1.67 bits per heavy atom. The second kappa shape index (κ2) is 7.07. The first-order valence-corrected chi connectivity index (χ1v) is 6.18. The van der Waals surface area contributed by atoms with Crippen LogP contribution >= 0.6 is 11.6 Å². The molecule has 4 heteroatoms. The van der Waals surface area contributed by atoms with Gasteiger partial charge in [0.1, 0.15) is 0 Å². The first kappa shape index (κ1) is 12.8. The van der Waals surface area contributed by atoms with Crippen LogP contribution in [-0.2, 0) is 9.53 Å². The fraction of sp³-hybridized carbons (Fsp3) is 0.909. The van der Waals surface area contributed by atoms with Crippen LogP contribution in [0.4, 0.5) is 0 Å². The topological polar surface area (TPSA) is 38.3 Å². The molecule has 0 aliphatic carbocycles. The van der Waals surface area contributed by atoms with Crippen molar-refractivity contribution in [1.29, 1.82) is 0 Å². The highest BCUT2D eigenvalue weighted by atomic mass is 35.5. The van der Waals surface area contributed by atoms with Gasteiger partial charge in [-0.25, -0.2) is 0 Å². The van der Waals surface area contributed by atoms with E-state index in [0.717, 1.165) is 32.3 Å². The van der Waals surface area contributed by atoms with Crippen LogP contribution < -0.4 is 5.32 Å². The van der Waals surface area contributed by atoms with Crippen LogP contribution in [0.3, 0.4) is 0 Å². The van der Waals surface area contributed by atoms with E-state index in [2.05, 4.69) is 5.32 Å². The van der Waals surface area contributed by atoms with Crippen LogP contribution in [0.25, 0.3) is 0 Å². The van der Waals surface area contributed by atoms with Crippen molar-refractivity contribution in [3.8, 4) is 0 Å². The second-order valence-electron chi connectivity index (χ2n) is 3.98. The molecule has 88 valence electrons. The van der Waals surface area contributed by atoms with Crippen molar-refractivity contribution in [2.75, 3.05) is 13.2 Å². The molecule has 0 saturated carbocycles. The molecule has 0 spiro atoms. The summed E-state index contributed by atoms with van der Waals surface area (Å²) in [6, 6.07) is 0. The Balaban J connectivity index is 2.02. The highest BCUT2D eigenvalue weighted by Crippen LogP contribution is 2.14. The Hall–Kier alpha value is -0.280. The number of nitrogens with one attached hydrogen (secondary N) is 1. The molecular formula is C11H20ClNO2. The van der Waals surface area contributed by atoms with Gasteiger partial charge in [0, 0.05) is 18.5 Å². The summed E-state index contributed by atoms with van der Waals surface area (Å²) in [5.74, 6) is 0.0851. The lowest BCUT2D eigenvalue weighted by Crippen LogP contribution is -2.29. The molecule has 15 heavy (non-hydrogen) atoms. The molecule has 2 atom stereocenters. The Morgan fingerprint density at radius 3 is 3.07 bits per heavy atom. The molecule has 0 aromatic heterocycles. The SMILES string of the molecule is CCC(Cl)CCNC(=O)CC1CCCO1. The number of carbonyl (C=O) groups is 1. The first-order chi connectivity index (χ1) is 7.22. The van der Waals surface area contributed by atoms with Gasteiger partial charge in [-0.05, 0) is 25.7 Å². The third-order valence-corrected chi connectivity index (χ3v) is 3.19. The molecule has 1 N–H and O–H groups in total. The van der Waals surface area contributed by atoms with Crippen LogP contribution in [0.15, 0.2) is 0 Å². The summed E-state index contributed by atoms with van der Waals surface area (Å²) in [4.78, 5) is 11.4. The molecule has 1 saturated heterocycles. The van der Waals surface area contributed by atoms with E-state index in [1.54, 1.807) is 0 Å². The van der Waals surface area contributed by atoms with Gasteiger partial charge in [-0.1, -0.05) is 6.92 Å². The Bertz CT molecular complexity index is 193. The maximum atomic E-state index is 11.4. The summed E-state index contributed by atoms with van der Waals surface area (Å²) in [5.41, 5.74) is 0. The summed E-state index contributed by atoms with van der Waals surface area (Å²) in [7, 11) is 0. The number of alkyl halides is 1. The van der Waals surface area contributed by atoms with Crippen molar-refractivity contribution in [1.82, 2.24) is 5.32 Å². The number of rotatable bonds is 6. The monoisotopic (exact) mass is 233 g/mol. The number of hydrogen-bond donors (Lipinski definition) is 1. The summed E-state index contributed by atoms with van der Waals surface area (Å²) in [6.45, 7) is 3.52. The molecular weight excluding hydrogens is 214 g/mol. The standard InChI is InChI=1S/C11H20ClNO2/c1-2-9(12)5-6-13-11(14)8-10-4-3-7-15-10/h9-10H,2-8H2,1H3,(H,13,14). The van der Waals surface area contributed by atoms with Gasteiger partial charge in [-0.15, -0.1) is 11.6 Å². The predicted molar refractivity (Wildman–Crippen MR) is 61.1 cm³/mol. The average molecular weight is 234 g/mol. The van der Waals surface area contributed by atoms with Gasteiger partial charge in [0.25, 0.3) is 0 Å². The highest BCUT2D eigenvalue weighted by Gasteiger charge is 2.18. The van der Waals surface area contributed by atoms with Crippen LogP contribution in [0.1, 0.15) is 39.0 Å². The molecule has 3 nitrogen and oxygen atoms in total. The normalized spacial score (nSPS) is 22.7. The first-order valence-electron chi connectivity index (χ1n) is 5.74. The Labute approximate surface area is 96.5 Å². The quantitative estimate of drug-likeness (QED) is 0.714. The fourth-order valence-electron chi connectivity index (χ4n) is 1.66. The van der Waals surface area contributed by atoms with E-state index in [0.29, 0.717) is 13.0 Å². The Kier molecular flexibility index (Phi) is 6.03. The van der Waals surface area contributed by atoms with Gasteiger partial charge >= 0.3 is 0 Å². The van der Waals surface area contributed by atoms with Crippen molar-refractivity contribution in [2.45, 2.75) is 50.5 Å². The lowest BCUT2D eigenvalue weighted by Gasteiger charge is -2.10. The lowest BCUT2D eigenvalue weighted by atomic mass is 10.2. The second-order valence-corrected chi connectivity index (χ2v) is 4.60. The third-order valence-electron chi connectivity index (χ3n) is 2.66. The van der Waals surface area contributed by atoms with Crippen LogP contribution in [0.2, 0.25) is 0 Å². The number of ether oxygens (including phenoxy) is 1. The highest BCUT2D eigenvalue weighted by molar-refractivity contribution is 6.20. The van der Waals surface area contributed by atoms with Crippen molar-refractivity contribution in [3.63, 3.8) is 0 Å². The van der Waals surface area contributed by atoms with E-state index in [1.165, 1.54) is 0 Å². The average Bonchev–Trinajstić information content (AvgIpc) is 2.70. The van der Waals surface area contributed by atoms with Gasteiger partial charge in [-0.3, -0.25) is 4.79 Å².